The highest BCUT2D eigenvalue weighted by Crippen LogP contribution is 2.04. The molecule has 0 rings (SSSR count). The van der Waals surface area contributed by atoms with E-state index in [1.54, 1.807) is 0 Å². The Bertz CT molecular complexity index is 746. The van der Waals surface area contributed by atoms with Crippen LogP contribution in [0.4, 0.5) is 0 Å². The molecule has 0 aromatic carbocycles. The van der Waals surface area contributed by atoms with Gasteiger partial charge in [0.25, 0.3) is 0 Å². The standard InChI is InChI=1S/C24H42N10O6/c25-31-28-13-4-1-7-19-38-22(35)10-16-34(17-11-23(36)39-20-8-2-5-14-29-32-26)18-12-24(37)40-21-9-3-6-15-30-33-27/h1-21H2. The Morgan fingerprint density at radius 3 is 1.07 bits per heavy atom. The van der Waals surface area contributed by atoms with E-state index in [1.807, 2.05) is 4.90 Å². The molecule has 0 aliphatic heterocycles. The van der Waals surface area contributed by atoms with Crippen molar-refractivity contribution in [1.29, 1.82) is 0 Å². The first-order chi connectivity index (χ1) is 19.5. The molecule has 0 aromatic heterocycles. The van der Waals surface area contributed by atoms with Gasteiger partial charge in [0.15, 0.2) is 0 Å². The summed E-state index contributed by atoms with van der Waals surface area (Å²) in [6.07, 6.45) is 6.88. The largest absolute Gasteiger partial charge is 0.466 e. The number of carbonyl (C=O) groups excluding carboxylic acids is 3. The van der Waals surface area contributed by atoms with Crippen molar-refractivity contribution < 1.29 is 28.6 Å². The molecular weight excluding hydrogens is 524 g/mol. The van der Waals surface area contributed by atoms with E-state index in [-0.39, 0.29) is 57.0 Å². The van der Waals surface area contributed by atoms with Crippen molar-refractivity contribution in [2.75, 3.05) is 59.1 Å². The van der Waals surface area contributed by atoms with E-state index >= 15 is 0 Å². The van der Waals surface area contributed by atoms with Crippen LogP contribution in [0.5, 0.6) is 0 Å². The molecule has 0 aliphatic rings. The van der Waals surface area contributed by atoms with Gasteiger partial charge in [0.2, 0.25) is 0 Å². The summed E-state index contributed by atoms with van der Waals surface area (Å²) in [4.78, 5) is 46.3. The number of azide groups is 3. The molecule has 0 unspecified atom stereocenters. The Balaban J connectivity index is 4.42. The maximum atomic E-state index is 12.1. The van der Waals surface area contributed by atoms with Crippen LogP contribution in [0.3, 0.4) is 0 Å². The van der Waals surface area contributed by atoms with E-state index in [4.69, 9.17) is 30.8 Å². The first kappa shape index (κ1) is 36.3. The zero-order valence-electron chi connectivity index (χ0n) is 23.3. The maximum absolute atomic E-state index is 12.1. The molecule has 0 saturated heterocycles. The summed E-state index contributed by atoms with van der Waals surface area (Å²) in [6.45, 7) is 3.02. The van der Waals surface area contributed by atoms with Gasteiger partial charge in [-0.25, -0.2) is 0 Å². The Morgan fingerprint density at radius 1 is 0.500 bits per heavy atom. The minimum Gasteiger partial charge on any atom is -0.466 e. The highest BCUT2D eigenvalue weighted by atomic mass is 16.5. The molecule has 224 valence electrons. The molecule has 0 bridgehead atoms. The molecule has 0 saturated carbocycles. The molecule has 40 heavy (non-hydrogen) atoms. The molecule has 0 heterocycles. The number of carbonyl (C=O) groups is 3. The van der Waals surface area contributed by atoms with E-state index < -0.39 is 0 Å². The topological polar surface area (TPSA) is 228 Å². The lowest BCUT2D eigenvalue weighted by Gasteiger charge is -2.21. The van der Waals surface area contributed by atoms with Gasteiger partial charge in [-0.3, -0.25) is 14.4 Å². The summed E-state index contributed by atoms with van der Waals surface area (Å²) < 4.78 is 15.7. The average Bonchev–Trinajstić information content (AvgIpc) is 2.95. The third-order valence-corrected chi connectivity index (χ3v) is 5.58. The first-order valence-corrected chi connectivity index (χ1v) is 13.7. The molecule has 16 heteroatoms. The fraction of sp³-hybridized carbons (Fsp3) is 0.875. The number of hydrogen-bond acceptors (Lipinski definition) is 10. The van der Waals surface area contributed by atoms with Gasteiger partial charge in [0.1, 0.15) is 0 Å². The summed E-state index contributed by atoms with van der Waals surface area (Å²) in [6, 6.07) is 0. The molecule has 0 radical (unpaired) electrons. The summed E-state index contributed by atoms with van der Waals surface area (Å²) in [5.41, 5.74) is 24.8. The van der Waals surface area contributed by atoms with Crippen molar-refractivity contribution in [3.63, 3.8) is 0 Å². The molecule has 16 nitrogen and oxygen atoms in total. The molecule has 0 spiro atoms. The normalized spacial score (nSPS) is 10.1. The molecular formula is C24H42N10O6. The van der Waals surface area contributed by atoms with E-state index in [0.29, 0.717) is 58.5 Å². The van der Waals surface area contributed by atoms with Crippen LogP contribution in [-0.4, -0.2) is 81.9 Å². The van der Waals surface area contributed by atoms with Crippen molar-refractivity contribution >= 4 is 17.9 Å². The molecule has 0 fully saturated rings. The zero-order valence-corrected chi connectivity index (χ0v) is 23.3. The maximum Gasteiger partial charge on any atom is 0.307 e. The Kier molecular flexibility index (Phi) is 25.7. The average molecular weight is 567 g/mol. The molecule has 0 N–H and O–H groups in total. The van der Waals surface area contributed by atoms with Gasteiger partial charge in [-0.05, 0) is 74.4 Å². The van der Waals surface area contributed by atoms with E-state index in [2.05, 4.69) is 30.1 Å². The van der Waals surface area contributed by atoms with Crippen LogP contribution < -0.4 is 0 Å². The van der Waals surface area contributed by atoms with Gasteiger partial charge >= 0.3 is 17.9 Å². The van der Waals surface area contributed by atoms with Crippen molar-refractivity contribution in [3.05, 3.63) is 31.3 Å². The smallest absolute Gasteiger partial charge is 0.307 e. The van der Waals surface area contributed by atoms with Crippen molar-refractivity contribution in [2.45, 2.75) is 77.0 Å². The number of rotatable bonds is 27. The van der Waals surface area contributed by atoms with E-state index in [0.717, 1.165) is 38.5 Å². The monoisotopic (exact) mass is 566 g/mol. The van der Waals surface area contributed by atoms with Gasteiger partial charge < -0.3 is 19.1 Å². The van der Waals surface area contributed by atoms with Gasteiger partial charge in [0.05, 0.1) is 39.1 Å². The Labute approximate surface area is 234 Å². The second kappa shape index (κ2) is 28.3. The summed E-state index contributed by atoms with van der Waals surface area (Å²) in [7, 11) is 0. The van der Waals surface area contributed by atoms with Crippen LogP contribution in [-0.2, 0) is 28.6 Å². The number of ether oxygens (including phenoxy) is 3. The fourth-order valence-electron chi connectivity index (χ4n) is 3.38. The predicted molar refractivity (Wildman–Crippen MR) is 147 cm³/mol. The number of nitrogens with zero attached hydrogens (tertiary/aromatic N) is 10. The van der Waals surface area contributed by atoms with Crippen LogP contribution in [0.1, 0.15) is 77.0 Å². The number of hydrogen-bond donors (Lipinski definition) is 0. The highest BCUT2D eigenvalue weighted by molar-refractivity contribution is 5.71. The van der Waals surface area contributed by atoms with Crippen molar-refractivity contribution in [1.82, 2.24) is 4.90 Å². The molecule has 0 aliphatic carbocycles. The molecule has 0 amide bonds. The molecule has 0 aromatic rings. The Hall–Kier alpha value is -3.70. The zero-order chi connectivity index (χ0) is 29.5. The SMILES string of the molecule is [N-]=[N+]=NCCCCCOC(=O)CCN(CCC(=O)OCCCCCN=[N+]=[N-])CCC(=O)OCCCCCN=[N+]=[N-]. The number of unbranched alkanes of at least 4 members (excludes halogenated alkanes) is 6. The second-order valence-corrected chi connectivity index (χ2v) is 8.80. The van der Waals surface area contributed by atoms with Gasteiger partial charge in [-0.1, -0.05) is 15.3 Å². The quantitative estimate of drug-likeness (QED) is 0.0307. The van der Waals surface area contributed by atoms with Crippen LogP contribution >= 0.6 is 0 Å². The summed E-state index contributed by atoms with van der Waals surface area (Å²) in [5, 5.41) is 10.4. The van der Waals surface area contributed by atoms with Gasteiger partial charge in [0, 0.05) is 54.0 Å². The van der Waals surface area contributed by atoms with Gasteiger partial charge in [-0.2, -0.15) is 0 Å². The summed E-state index contributed by atoms with van der Waals surface area (Å²) >= 11 is 0. The fourth-order valence-corrected chi connectivity index (χ4v) is 3.38. The number of esters is 3. The van der Waals surface area contributed by atoms with Crippen molar-refractivity contribution in [2.24, 2.45) is 15.3 Å². The summed E-state index contributed by atoms with van der Waals surface area (Å²) in [5.74, 6) is -1.11. The van der Waals surface area contributed by atoms with E-state index in [1.165, 1.54) is 0 Å². The second-order valence-electron chi connectivity index (χ2n) is 8.80. The lowest BCUT2D eigenvalue weighted by atomic mass is 10.2. The van der Waals surface area contributed by atoms with Gasteiger partial charge in [-0.15, -0.1) is 0 Å². The van der Waals surface area contributed by atoms with Crippen molar-refractivity contribution in [3.8, 4) is 0 Å². The van der Waals surface area contributed by atoms with Crippen LogP contribution in [0.25, 0.3) is 31.3 Å². The predicted octanol–water partition coefficient (Wildman–Crippen LogP) is 5.53. The Morgan fingerprint density at radius 2 is 0.800 bits per heavy atom. The highest BCUT2D eigenvalue weighted by Gasteiger charge is 2.14. The lowest BCUT2D eigenvalue weighted by Crippen LogP contribution is -2.32. The third kappa shape index (κ3) is 25.9. The first-order valence-electron chi connectivity index (χ1n) is 13.7. The van der Waals surface area contributed by atoms with Crippen LogP contribution in [0.2, 0.25) is 0 Å². The van der Waals surface area contributed by atoms with E-state index in [9.17, 15) is 14.4 Å². The van der Waals surface area contributed by atoms with Crippen LogP contribution in [0.15, 0.2) is 15.3 Å². The third-order valence-electron chi connectivity index (χ3n) is 5.58. The minimum atomic E-state index is -0.369. The van der Waals surface area contributed by atoms with Crippen LogP contribution in [0, 0.1) is 0 Å². The minimum absolute atomic E-state index is 0.110. The lowest BCUT2D eigenvalue weighted by molar-refractivity contribution is -0.144. The molecule has 0 atom stereocenters.